The zero-order valence-corrected chi connectivity index (χ0v) is 24.4. The van der Waals surface area contributed by atoms with Crippen molar-refractivity contribution in [1.82, 2.24) is 0 Å². The van der Waals surface area contributed by atoms with Gasteiger partial charge in [-0.05, 0) is 69.7 Å². The molecule has 4 nitrogen and oxygen atoms in total. The largest absolute Gasteiger partial charge is 0.462 e. The predicted octanol–water partition coefficient (Wildman–Crippen LogP) is 8.02. The van der Waals surface area contributed by atoms with Crippen LogP contribution in [0.4, 0.5) is 10.1 Å². The number of hydrogen-bond donors (Lipinski definition) is 0. The van der Waals surface area contributed by atoms with Crippen molar-refractivity contribution in [1.29, 1.82) is 0 Å². The van der Waals surface area contributed by atoms with E-state index in [0.29, 0.717) is 21.0 Å². The summed E-state index contributed by atoms with van der Waals surface area (Å²) in [6.07, 6.45) is 0. The van der Waals surface area contributed by atoms with Gasteiger partial charge in [-0.25, -0.2) is 9.18 Å². The van der Waals surface area contributed by atoms with Crippen LogP contribution in [0.1, 0.15) is 47.8 Å². The number of thiocarbonyl (C=S) groups is 1. The molecule has 0 saturated carbocycles. The highest BCUT2D eigenvalue weighted by atomic mass is 32.2. The number of thioether (sulfide) groups is 2. The molecule has 0 radical (unpaired) electrons. The van der Waals surface area contributed by atoms with Gasteiger partial charge in [-0.3, -0.25) is 9.69 Å². The standard InChI is InChI=1S/C31H26FNO3S3/c1-5-36-29(35)26-25(19-9-7-6-8-10-19)38-30(39-26)24-22-17-18(2)11-16-23(22)33(31(3,4)27(24)37)28(34)20-12-14-21(32)15-13-20/h6-17H,5H2,1-4H3. The van der Waals surface area contributed by atoms with Crippen LogP contribution in [0.3, 0.4) is 0 Å². The van der Waals surface area contributed by atoms with E-state index in [9.17, 15) is 14.0 Å². The summed E-state index contributed by atoms with van der Waals surface area (Å²) in [7, 11) is 0. The van der Waals surface area contributed by atoms with Crippen molar-refractivity contribution in [3.63, 3.8) is 0 Å². The zero-order chi connectivity index (χ0) is 27.9. The van der Waals surface area contributed by atoms with Crippen molar-refractivity contribution in [3.05, 3.63) is 110 Å². The van der Waals surface area contributed by atoms with Crippen LogP contribution in [0.25, 0.3) is 10.5 Å². The third-order valence-electron chi connectivity index (χ3n) is 6.59. The number of aryl methyl sites for hydroxylation is 1. The molecule has 39 heavy (non-hydrogen) atoms. The Morgan fingerprint density at radius 2 is 1.69 bits per heavy atom. The molecule has 0 aliphatic carbocycles. The quantitative estimate of drug-likeness (QED) is 0.178. The summed E-state index contributed by atoms with van der Waals surface area (Å²) in [6.45, 7) is 7.89. The van der Waals surface area contributed by atoms with E-state index in [2.05, 4.69) is 0 Å². The summed E-state index contributed by atoms with van der Waals surface area (Å²) in [6, 6.07) is 21.2. The van der Waals surface area contributed by atoms with Crippen molar-refractivity contribution in [2.45, 2.75) is 33.2 Å². The number of nitrogens with zero attached hydrogens (tertiary/aromatic N) is 1. The molecule has 2 aliphatic rings. The molecule has 0 aromatic heterocycles. The Morgan fingerprint density at radius 1 is 1.00 bits per heavy atom. The van der Waals surface area contributed by atoms with Gasteiger partial charge < -0.3 is 4.74 Å². The second-order valence-electron chi connectivity index (χ2n) is 9.67. The summed E-state index contributed by atoms with van der Waals surface area (Å²) < 4.78 is 19.9. The van der Waals surface area contributed by atoms with Crippen molar-refractivity contribution in [2.24, 2.45) is 0 Å². The number of carbonyl (C=O) groups is 2. The molecule has 2 aliphatic heterocycles. The minimum atomic E-state index is -0.883. The van der Waals surface area contributed by atoms with Gasteiger partial charge in [0.1, 0.15) is 10.7 Å². The molecule has 0 unspecified atom stereocenters. The van der Waals surface area contributed by atoms with Gasteiger partial charge in [0, 0.05) is 21.6 Å². The first kappa shape index (κ1) is 27.4. The Hall–Kier alpha value is -3.20. The van der Waals surface area contributed by atoms with Gasteiger partial charge in [-0.15, -0.1) is 0 Å². The van der Waals surface area contributed by atoms with E-state index in [-0.39, 0.29) is 18.5 Å². The van der Waals surface area contributed by atoms with E-state index >= 15 is 0 Å². The number of halogens is 1. The van der Waals surface area contributed by atoms with Gasteiger partial charge in [0.2, 0.25) is 0 Å². The molecule has 0 N–H and O–H groups in total. The number of fused-ring (bicyclic) bond motifs is 1. The lowest BCUT2D eigenvalue weighted by Gasteiger charge is -2.45. The fraction of sp³-hybridized carbons (Fsp3) is 0.194. The van der Waals surface area contributed by atoms with Crippen LogP contribution in [-0.4, -0.2) is 28.9 Å². The topological polar surface area (TPSA) is 46.6 Å². The van der Waals surface area contributed by atoms with Gasteiger partial charge in [-0.2, -0.15) is 0 Å². The number of anilines is 1. The highest BCUT2D eigenvalue weighted by Crippen LogP contribution is 2.58. The average molecular weight is 576 g/mol. The number of ether oxygens (including phenoxy) is 1. The van der Waals surface area contributed by atoms with E-state index in [1.54, 1.807) is 11.8 Å². The first-order valence-corrected chi connectivity index (χ1v) is 14.5. The molecular formula is C31H26FNO3S3. The molecule has 5 rings (SSSR count). The van der Waals surface area contributed by atoms with Crippen LogP contribution < -0.4 is 4.90 Å². The molecular weight excluding hydrogens is 550 g/mol. The summed E-state index contributed by atoms with van der Waals surface area (Å²) >= 11 is 8.99. The number of amides is 1. The van der Waals surface area contributed by atoms with Crippen molar-refractivity contribution in [2.75, 3.05) is 11.5 Å². The summed E-state index contributed by atoms with van der Waals surface area (Å²) in [5.41, 5.74) is 3.79. The third kappa shape index (κ3) is 4.97. The van der Waals surface area contributed by atoms with Crippen molar-refractivity contribution in [3.8, 4) is 0 Å². The van der Waals surface area contributed by atoms with E-state index in [1.165, 1.54) is 47.8 Å². The summed E-state index contributed by atoms with van der Waals surface area (Å²) in [5.74, 6) is -1.04. The van der Waals surface area contributed by atoms with Crippen LogP contribution in [0, 0.1) is 12.7 Å². The summed E-state index contributed by atoms with van der Waals surface area (Å²) in [4.78, 5) is 30.5. The lowest BCUT2D eigenvalue weighted by Crippen LogP contribution is -2.56. The Labute approximate surface area is 241 Å². The normalized spacial score (nSPS) is 18.3. The zero-order valence-electron chi connectivity index (χ0n) is 21.9. The molecule has 198 valence electrons. The predicted molar refractivity (Wildman–Crippen MR) is 163 cm³/mol. The fourth-order valence-electron chi connectivity index (χ4n) is 4.68. The highest BCUT2D eigenvalue weighted by molar-refractivity contribution is 8.32. The second-order valence-corrected chi connectivity index (χ2v) is 12.4. The molecule has 8 heteroatoms. The first-order valence-electron chi connectivity index (χ1n) is 12.5. The molecule has 3 aromatic rings. The third-order valence-corrected chi connectivity index (χ3v) is 9.93. The molecule has 0 spiro atoms. The molecule has 0 bridgehead atoms. The Kier molecular flexibility index (Phi) is 7.55. The van der Waals surface area contributed by atoms with E-state index in [4.69, 9.17) is 17.0 Å². The molecule has 0 fully saturated rings. The first-order chi connectivity index (χ1) is 18.6. The van der Waals surface area contributed by atoms with Crippen LogP contribution >= 0.6 is 35.7 Å². The van der Waals surface area contributed by atoms with E-state index < -0.39 is 11.4 Å². The second kappa shape index (κ2) is 10.8. The SMILES string of the molecule is CCOC(=O)C1=C(c2ccccc2)SC(=C2C(=S)C(C)(C)N(C(=O)c3ccc(F)cc3)c3ccc(C)cc32)S1. The highest BCUT2D eigenvalue weighted by Gasteiger charge is 2.46. The van der Waals surface area contributed by atoms with Crippen molar-refractivity contribution < 1.29 is 18.7 Å². The number of rotatable bonds is 4. The molecule has 1 amide bonds. The smallest absolute Gasteiger partial charge is 0.346 e. The minimum Gasteiger partial charge on any atom is -0.462 e. The van der Waals surface area contributed by atoms with Crippen LogP contribution in [0.5, 0.6) is 0 Å². The maximum atomic E-state index is 13.8. The Bertz CT molecular complexity index is 1560. The van der Waals surface area contributed by atoms with Gasteiger partial charge in [0.25, 0.3) is 5.91 Å². The average Bonchev–Trinajstić information content (AvgIpc) is 3.36. The monoisotopic (exact) mass is 575 g/mol. The van der Waals surface area contributed by atoms with Gasteiger partial charge in [-0.1, -0.05) is 77.7 Å². The summed E-state index contributed by atoms with van der Waals surface area (Å²) in [5, 5.41) is 0. The molecule has 3 aromatic carbocycles. The molecule has 0 saturated heterocycles. The van der Waals surface area contributed by atoms with Crippen molar-refractivity contribution >= 4 is 68.6 Å². The van der Waals surface area contributed by atoms with Gasteiger partial charge >= 0.3 is 5.97 Å². The lowest BCUT2D eigenvalue weighted by atomic mass is 9.82. The van der Waals surface area contributed by atoms with Crippen LogP contribution in [0.15, 0.2) is 81.9 Å². The Morgan fingerprint density at radius 3 is 2.36 bits per heavy atom. The van der Waals surface area contributed by atoms with Gasteiger partial charge in [0.05, 0.1) is 26.9 Å². The van der Waals surface area contributed by atoms with Gasteiger partial charge in [0.15, 0.2) is 0 Å². The number of esters is 1. The lowest BCUT2D eigenvalue weighted by molar-refractivity contribution is -0.137. The Balaban J connectivity index is 1.67. The number of benzene rings is 3. The molecule has 2 heterocycles. The number of hydrogen-bond acceptors (Lipinski definition) is 6. The van der Waals surface area contributed by atoms with E-state index in [0.717, 1.165) is 31.4 Å². The maximum Gasteiger partial charge on any atom is 0.346 e. The molecule has 0 atom stereocenters. The maximum absolute atomic E-state index is 13.8. The number of carbonyl (C=O) groups excluding carboxylic acids is 2. The van der Waals surface area contributed by atoms with Crippen LogP contribution in [0.2, 0.25) is 0 Å². The fourth-order valence-corrected chi connectivity index (χ4v) is 7.81. The minimum absolute atomic E-state index is 0.265. The van der Waals surface area contributed by atoms with Crippen LogP contribution in [-0.2, 0) is 9.53 Å². The van der Waals surface area contributed by atoms with E-state index in [1.807, 2.05) is 69.3 Å².